The fourth-order valence-corrected chi connectivity index (χ4v) is 0.924. The van der Waals surface area contributed by atoms with Crippen molar-refractivity contribution in [1.82, 2.24) is 4.90 Å². The summed E-state index contributed by atoms with van der Waals surface area (Å²) in [6.07, 6.45) is 1.54. The van der Waals surface area contributed by atoms with Gasteiger partial charge in [-0.2, -0.15) is 0 Å². The van der Waals surface area contributed by atoms with Crippen LogP contribution in [0, 0.1) is 11.8 Å². The summed E-state index contributed by atoms with van der Waals surface area (Å²) in [5.41, 5.74) is 0. The number of hydrogen-bond acceptors (Lipinski definition) is 3. The third-order valence-electron chi connectivity index (χ3n) is 1.49. The second-order valence-electron chi connectivity index (χ2n) is 2.65. The molecule has 0 saturated carbocycles. The van der Waals surface area contributed by atoms with Crippen LogP contribution in [0.5, 0.6) is 0 Å². The van der Waals surface area contributed by atoms with E-state index >= 15 is 0 Å². The molecule has 4 heteroatoms. The minimum absolute atomic E-state index is 0.0899. The molecule has 0 rings (SSSR count). The lowest BCUT2D eigenvalue weighted by atomic mass is 10.4. The molecule has 1 amide bonds. The van der Waals surface area contributed by atoms with Gasteiger partial charge >= 0.3 is 5.97 Å². The normalized spacial score (nSPS) is 8.40. The molecule has 0 aromatic heterocycles. The number of amides is 1. The standard InChI is InChI=1S/C11H15NO3/c1-4-7-10(13)12(8-5-2)9-11(14)15-6-3/h5H,2,6,8-9H2,1,3H3. The van der Waals surface area contributed by atoms with Crippen LogP contribution in [0.25, 0.3) is 0 Å². The molecule has 15 heavy (non-hydrogen) atoms. The van der Waals surface area contributed by atoms with Gasteiger partial charge in [-0.3, -0.25) is 9.59 Å². The fourth-order valence-electron chi connectivity index (χ4n) is 0.924. The van der Waals surface area contributed by atoms with Crippen LogP contribution in [0.1, 0.15) is 13.8 Å². The highest BCUT2D eigenvalue weighted by atomic mass is 16.5. The number of hydrogen-bond donors (Lipinski definition) is 0. The molecule has 0 saturated heterocycles. The number of carbonyl (C=O) groups excluding carboxylic acids is 2. The van der Waals surface area contributed by atoms with Crippen LogP contribution in [-0.2, 0) is 14.3 Å². The van der Waals surface area contributed by atoms with E-state index in [0.29, 0.717) is 6.61 Å². The SMILES string of the molecule is C=CCN(CC(=O)OCC)C(=O)C#CC. The number of nitrogens with zero attached hydrogens (tertiary/aromatic N) is 1. The van der Waals surface area contributed by atoms with Crippen molar-refractivity contribution in [3.8, 4) is 11.8 Å². The minimum Gasteiger partial charge on any atom is -0.465 e. The van der Waals surface area contributed by atoms with E-state index in [0.717, 1.165) is 0 Å². The van der Waals surface area contributed by atoms with Crippen LogP contribution in [0.4, 0.5) is 0 Å². The molecule has 0 aliphatic heterocycles. The van der Waals surface area contributed by atoms with E-state index in [4.69, 9.17) is 4.74 Å². The molecule has 4 nitrogen and oxygen atoms in total. The molecule has 0 spiro atoms. The predicted octanol–water partition coefficient (Wildman–Crippen LogP) is 0.587. The Kier molecular flexibility index (Phi) is 6.73. The van der Waals surface area contributed by atoms with Gasteiger partial charge < -0.3 is 9.64 Å². The number of esters is 1. The van der Waals surface area contributed by atoms with E-state index in [-0.39, 0.29) is 13.1 Å². The van der Waals surface area contributed by atoms with E-state index in [1.807, 2.05) is 0 Å². The van der Waals surface area contributed by atoms with Gasteiger partial charge in [-0.05, 0) is 19.8 Å². The number of rotatable bonds is 5. The van der Waals surface area contributed by atoms with Crippen LogP contribution >= 0.6 is 0 Å². The van der Waals surface area contributed by atoms with Crippen LogP contribution in [0.3, 0.4) is 0 Å². The molecule has 0 radical (unpaired) electrons. The summed E-state index contributed by atoms with van der Waals surface area (Å²) in [4.78, 5) is 23.8. The first-order valence-electron chi connectivity index (χ1n) is 4.63. The van der Waals surface area contributed by atoms with Crippen LogP contribution in [0.2, 0.25) is 0 Å². The molecule has 0 aromatic rings. The number of ether oxygens (including phenoxy) is 1. The molecule has 0 bridgehead atoms. The van der Waals surface area contributed by atoms with Crippen molar-refractivity contribution >= 4 is 11.9 Å². The molecule has 0 atom stereocenters. The van der Waals surface area contributed by atoms with Crippen molar-refractivity contribution < 1.29 is 14.3 Å². The maximum atomic E-state index is 11.4. The van der Waals surface area contributed by atoms with Crippen molar-refractivity contribution in [2.45, 2.75) is 13.8 Å². The topological polar surface area (TPSA) is 46.6 Å². The zero-order valence-corrected chi connectivity index (χ0v) is 9.08. The van der Waals surface area contributed by atoms with Crippen molar-refractivity contribution in [3.05, 3.63) is 12.7 Å². The summed E-state index contributed by atoms with van der Waals surface area (Å²) in [7, 11) is 0. The lowest BCUT2D eigenvalue weighted by Gasteiger charge is -2.16. The largest absolute Gasteiger partial charge is 0.465 e. The second kappa shape index (κ2) is 7.63. The minimum atomic E-state index is -0.439. The van der Waals surface area contributed by atoms with Gasteiger partial charge in [-0.25, -0.2) is 0 Å². The lowest BCUT2D eigenvalue weighted by Crippen LogP contribution is -2.35. The van der Waals surface area contributed by atoms with Gasteiger partial charge in [0.05, 0.1) is 6.61 Å². The van der Waals surface area contributed by atoms with Crippen LogP contribution < -0.4 is 0 Å². The summed E-state index contributed by atoms with van der Waals surface area (Å²) < 4.78 is 4.73. The average molecular weight is 209 g/mol. The maximum absolute atomic E-state index is 11.4. The zero-order valence-electron chi connectivity index (χ0n) is 9.08. The zero-order chi connectivity index (χ0) is 11.7. The molecule has 0 unspecified atom stereocenters. The van der Waals surface area contributed by atoms with Crippen LogP contribution in [0.15, 0.2) is 12.7 Å². The van der Waals surface area contributed by atoms with Crippen molar-refractivity contribution in [1.29, 1.82) is 0 Å². The molecule has 0 aromatic carbocycles. The summed E-state index contributed by atoms with van der Waals surface area (Å²) >= 11 is 0. The van der Waals surface area contributed by atoms with E-state index in [9.17, 15) is 9.59 Å². The summed E-state index contributed by atoms with van der Waals surface area (Å²) in [5, 5.41) is 0. The molecular weight excluding hydrogens is 194 g/mol. The van der Waals surface area contributed by atoms with Gasteiger partial charge in [0.1, 0.15) is 6.54 Å². The molecule has 0 N–H and O–H groups in total. The molecule has 0 fully saturated rings. The van der Waals surface area contributed by atoms with Gasteiger partial charge in [0, 0.05) is 6.54 Å². The monoisotopic (exact) mass is 209 g/mol. The van der Waals surface area contributed by atoms with E-state index in [1.165, 1.54) is 11.0 Å². The molecular formula is C11H15NO3. The van der Waals surface area contributed by atoms with Gasteiger partial charge in [0.15, 0.2) is 0 Å². The Morgan fingerprint density at radius 3 is 2.67 bits per heavy atom. The third-order valence-corrected chi connectivity index (χ3v) is 1.49. The molecule has 0 heterocycles. The average Bonchev–Trinajstić information content (AvgIpc) is 2.18. The Morgan fingerprint density at radius 2 is 2.20 bits per heavy atom. The maximum Gasteiger partial charge on any atom is 0.325 e. The highest BCUT2D eigenvalue weighted by molar-refractivity contribution is 5.95. The van der Waals surface area contributed by atoms with Crippen molar-refractivity contribution in [3.63, 3.8) is 0 Å². The lowest BCUT2D eigenvalue weighted by molar-refractivity contribution is -0.147. The highest BCUT2D eigenvalue weighted by Gasteiger charge is 2.14. The van der Waals surface area contributed by atoms with Crippen molar-refractivity contribution in [2.24, 2.45) is 0 Å². The van der Waals surface area contributed by atoms with Gasteiger partial charge in [-0.15, -0.1) is 6.58 Å². The quantitative estimate of drug-likeness (QED) is 0.378. The fraction of sp³-hybridized carbons (Fsp3) is 0.455. The Balaban J connectivity index is 4.36. The Labute approximate surface area is 89.9 Å². The van der Waals surface area contributed by atoms with Gasteiger partial charge in [0.25, 0.3) is 5.91 Å². The smallest absolute Gasteiger partial charge is 0.325 e. The van der Waals surface area contributed by atoms with E-state index in [1.54, 1.807) is 13.8 Å². The Hall–Kier alpha value is -1.76. The molecule has 0 aliphatic carbocycles. The Bertz CT molecular complexity index is 299. The molecule has 0 aliphatic rings. The van der Waals surface area contributed by atoms with Gasteiger partial charge in [0.2, 0.25) is 0 Å². The highest BCUT2D eigenvalue weighted by Crippen LogP contribution is 1.92. The first-order valence-corrected chi connectivity index (χ1v) is 4.63. The van der Waals surface area contributed by atoms with Gasteiger partial charge in [-0.1, -0.05) is 12.0 Å². The van der Waals surface area contributed by atoms with Crippen LogP contribution in [-0.4, -0.2) is 36.5 Å². The second-order valence-corrected chi connectivity index (χ2v) is 2.65. The van der Waals surface area contributed by atoms with E-state index < -0.39 is 11.9 Å². The summed E-state index contributed by atoms with van der Waals surface area (Å²) in [6, 6.07) is 0. The summed E-state index contributed by atoms with van der Waals surface area (Å²) in [6.45, 7) is 7.27. The van der Waals surface area contributed by atoms with E-state index in [2.05, 4.69) is 18.4 Å². The first-order chi connectivity index (χ1) is 7.15. The summed E-state index contributed by atoms with van der Waals surface area (Å²) in [5.74, 6) is 4.01. The van der Waals surface area contributed by atoms with Crippen molar-refractivity contribution in [2.75, 3.05) is 19.7 Å². The Morgan fingerprint density at radius 1 is 1.53 bits per heavy atom. The third kappa shape index (κ3) is 5.53. The number of carbonyl (C=O) groups is 2. The predicted molar refractivity (Wildman–Crippen MR) is 56.9 cm³/mol. The molecule has 82 valence electrons. The first kappa shape index (κ1) is 13.2.